The summed E-state index contributed by atoms with van der Waals surface area (Å²) in [5.74, 6) is -0.349. The summed E-state index contributed by atoms with van der Waals surface area (Å²) in [4.78, 5) is 12.7. The number of rotatable bonds is 5. The predicted molar refractivity (Wildman–Crippen MR) is 87.8 cm³/mol. The minimum absolute atomic E-state index is 0.130. The van der Waals surface area contributed by atoms with Crippen molar-refractivity contribution >= 4 is 11.0 Å². The van der Waals surface area contributed by atoms with Gasteiger partial charge in [-0.25, -0.2) is 9.18 Å². The van der Waals surface area contributed by atoms with Gasteiger partial charge in [-0.15, -0.1) is 0 Å². The Kier molecular flexibility index (Phi) is 4.30. The molecule has 0 amide bonds. The molecule has 1 heterocycles. The predicted octanol–water partition coefficient (Wildman–Crippen LogP) is 3.09. The number of imidazole rings is 1. The molecule has 0 saturated carbocycles. The SMILES string of the molecule is CCCn1c(=O)n(C[C@@H](O)c2ccc(F)cc2)c2ccccc21. The van der Waals surface area contributed by atoms with Gasteiger partial charge in [-0.2, -0.15) is 0 Å². The maximum absolute atomic E-state index is 13.0. The third-order valence-corrected chi connectivity index (χ3v) is 3.98. The highest BCUT2D eigenvalue weighted by Gasteiger charge is 2.16. The number of hydrogen-bond acceptors (Lipinski definition) is 2. The van der Waals surface area contributed by atoms with Crippen LogP contribution in [0.5, 0.6) is 0 Å². The number of aromatic nitrogens is 2. The Balaban J connectivity index is 2.01. The minimum Gasteiger partial charge on any atom is -0.387 e. The largest absolute Gasteiger partial charge is 0.387 e. The minimum atomic E-state index is -0.866. The molecule has 0 aliphatic heterocycles. The van der Waals surface area contributed by atoms with Gasteiger partial charge in [0.15, 0.2) is 0 Å². The van der Waals surface area contributed by atoms with E-state index < -0.39 is 6.10 Å². The van der Waals surface area contributed by atoms with Crippen molar-refractivity contribution in [3.8, 4) is 0 Å². The van der Waals surface area contributed by atoms with E-state index in [1.165, 1.54) is 24.3 Å². The van der Waals surface area contributed by atoms with E-state index in [0.717, 1.165) is 17.5 Å². The van der Waals surface area contributed by atoms with Crippen molar-refractivity contribution in [2.24, 2.45) is 0 Å². The van der Waals surface area contributed by atoms with Gasteiger partial charge in [0.2, 0.25) is 0 Å². The Bertz CT molecular complexity index is 865. The number of aryl methyl sites for hydroxylation is 1. The zero-order valence-electron chi connectivity index (χ0n) is 12.9. The molecule has 5 heteroatoms. The Morgan fingerprint density at radius 3 is 2.26 bits per heavy atom. The molecule has 2 aromatic carbocycles. The number of fused-ring (bicyclic) bond motifs is 1. The molecule has 0 saturated heterocycles. The summed E-state index contributed by atoms with van der Waals surface area (Å²) < 4.78 is 16.3. The standard InChI is InChI=1S/C18H19FN2O2/c1-2-11-20-15-5-3-4-6-16(15)21(18(20)23)12-17(22)13-7-9-14(19)10-8-13/h3-10,17,22H,2,11-12H2,1H3/t17-/m1/s1. The third kappa shape index (κ3) is 2.92. The van der Waals surface area contributed by atoms with E-state index >= 15 is 0 Å². The molecule has 0 aliphatic carbocycles. The fourth-order valence-corrected chi connectivity index (χ4v) is 2.85. The molecule has 120 valence electrons. The number of aliphatic hydroxyl groups is 1. The van der Waals surface area contributed by atoms with E-state index in [2.05, 4.69) is 0 Å². The van der Waals surface area contributed by atoms with Crippen LogP contribution >= 0.6 is 0 Å². The topological polar surface area (TPSA) is 47.2 Å². The van der Waals surface area contributed by atoms with Gasteiger partial charge in [0.25, 0.3) is 0 Å². The molecule has 0 bridgehead atoms. The summed E-state index contributed by atoms with van der Waals surface area (Å²) in [6.07, 6.45) is -0.0109. The van der Waals surface area contributed by atoms with E-state index in [1.54, 1.807) is 9.13 Å². The normalized spacial score (nSPS) is 12.7. The van der Waals surface area contributed by atoms with Gasteiger partial charge in [-0.05, 0) is 36.2 Å². The average Bonchev–Trinajstić information content (AvgIpc) is 2.82. The summed E-state index contributed by atoms with van der Waals surface area (Å²) in [5, 5.41) is 10.4. The quantitative estimate of drug-likeness (QED) is 0.786. The molecular formula is C18H19FN2O2. The highest BCUT2D eigenvalue weighted by atomic mass is 19.1. The van der Waals surface area contributed by atoms with Crippen molar-refractivity contribution < 1.29 is 9.50 Å². The Labute approximate surface area is 133 Å². The molecule has 0 fully saturated rings. The number of nitrogens with zero attached hydrogens (tertiary/aromatic N) is 2. The van der Waals surface area contributed by atoms with Gasteiger partial charge in [0.1, 0.15) is 5.82 Å². The summed E-state index contributed by atoms with van der Waals surface area (Å²) >= 11 is 0. The van der Waals surface area contributed by atoms with Gasteiger partial charge in [0, 0.05) is 6.54 Å². The van der Waals surface area contributed by atoms with Crippen LogP contribution < -0.4 is 5.69 Å². The lowest BCUT2D eigenvalue weighted by molar-refractivity contribution is 0.156. The van der Waals surface area contributed by atoms with Crippen LogP contribution in [0.15, 0.2) is 53.3 Å². The average molecular weight is 314 g/mol. The van der Waals surface area contributed by atoms with Gasteiger partial charge >= 0.3 is 5.69 Å². The van der Waals surface area contributed by atoms with Crippen LogP contribution in [0.3, 0.4) is 0 Å². The first-order valence-electron chi connectivity index (χ1n) is 7.73. The number of hydrogen-bond donors (Lipinski definition) is 1. The fraction of sp³-hybridized carbons (Fsp3) is 0.278. The maximum Gasteiger partial charge on any atom is 0.329 e. The van der Waals surface area contributed by atoms with Gasteiger partial charge in [-0.3, -0.25) is 9.13 Å². The molecule has 1 aromatic heterocycles. The molecule has 3 aromatic rings. The third-order valence-electron chi connectivity index (χ3n) is 3.98. The summed E-state index contributed by atoms with van der Waals surface area (Å²) in [5.41, 5.74) is 2.12. The summed E-state index contributed by atoms with van der Waals surface area (Å²) in [6, 6.07) is 13.2. The molecule has 1 N–H and O–H groups in total. The highest BCUT2D eigenvalue weighted by Crippen LogP contribution is 2.19. The number of aliphatic hydroxyl groups excluding tert-OH is 1. The highest BCUT2D eigenvalue weighted by molar-refractivity contribution is 5.76. The molecular weight excluding hydrogens is 295 g/mol. The van der Waals surface area contributed by atoms with Crippen LogP contribution in [0.4, 0.5) is 4.39 Å². The second-order valence-electron chi connectivity index (χ2n) is 5.60. The molecule has 1 atom stereocenters. The van der Waals surface area contributed by atoms with Crippen LogP contribution in [0.2, 0.25) is 0 Å². The molecule has 0 spiro atoms. The van der Waals surface area contributed by atoms with E-state index in [9.17, 15) is 14.3 Å². The monoisotopic (exact) mass is 314 g/mol. The second-order valence-corrected chi connectivity index (χ2v) is 5.60. The lowest BCUT2D eigenvalue weighted by atomic mass is 10.1. The lowest BCUT2D eigenvalue weighted by Gasteiger charge is -2.12. The smallest absolute Gasteiger partial charge is 0.329 e. The first kappa shape index (κ1) is 15.5. The van der Waals surface area contributed by atoms with E-state index in [1.807, 2.05) is 31.2 Å². The molecule has 3 rings (SSSR count). The van der Waals surface area contributed by atoms with E-state index in [0.29, 0.717) is 12.1 Å². The van der Waals surface area contributed by atoms with Gasteiger partial charge in [0.05, 0.1) is 23.7 Å². The molecule has 0 radical (unpaired) electrons. The van der Waals surface area contributed by atoms with Crippen molar-refractivity contribution in [2.75, 3.05) is 0 Å². The Hall–Kier alpha value is -2.40. The van der Waals surface area contributed by atoms with Crippen molar-refractivity contribution in [1.82, 2.24) is 9.13 Å². The van der Waals surface area contributed by atoms with Crippen LogP contribution in [0, 0.1) is 5.82 Å². The zero-order chi connectivity index (χ0) is 16.4. The second kappa shape index (κ2) is 6.38. The number of para-hydroxylation sites is 2. The van der Waals surface area contributed by atoms with E-state index in [-0.39, 0.29) is 18.1 Å². The Morgan fingerprint density at radius 2 is 1.65 bits per heavy atom. The Morgan fingerprint density at radius 1 is 1.04 bits per heavy atom. The number of halogens is 1. The lowest BCUT2D eigenvalue weighted by Crippen LogP contribution is -2.26. The summed E-state index contributed by atoms with van der Waals surface area (Å²) in [7, 11) is 0. The fourth-order valence-electron chi connectivity index (χ4n) is 2.85. The number of benzene rings is 2. The van der Waals surface area contributed by atoms with Crippen LogP contribution in [0.1, 0.15) is 25.0 Å². The van der Waals surface area contributed by atoms with Crippen molar-refractivity contribution in [2.45, 2.75) is 32.5 Å². The maximum atomic E-state index is 13.0. The first-order chi connectivity index (χ1) is 11.1. The summed E-state index contributed by atoms with van der Waals surface area (Å²) in [6.45, 7) is 2.80. The first-order valence-corrected chi connectivity index (χ1v) is 7.73. The van der Waals surface area contributed by atoms with Crippen molar-refractivity contribution in [3.63, 3.8) is 0 Å². The van der Waals surface area contributed by atoms with Crippen LogP contribution in [-0.2, 0) is 13.1 Å². The molecule has 0 unspecified atom stereocenters. The van der Waals surface area contributed by atoms with Gasteiger partial charge in [-0.1, -0.05) is 31.2 Å². The van der Waals surface area contributed by atoms with E-state index in [4.69, 9.17) is 0 Å². The van der Waals surface area contributed by atoms with Crippen molar-refractivity contribution in [3.05, 3.63) is 70.4 Å². The van der Waals surface area contributed by atoms with Gasteiger partial charge < -0.3 is 5.11 Å². The van der Waals surface area contributed by atoms with Crippen LogP contribution in [0.25, 0.3) is 11.0 Å². The zero-order valence-corrected chi connectivity index (χ0v) is 12.9. The molecule has 23 heavy (non-hydrogen) atoms. The van der Waals surface area contributed by atoms with Crippen LogP contribution in [-0.4, -0.2) is 14.2 Å². The molecule has 0 aliphatic rings. The molecule has 4 nitrogen and oxygen atoms in total. The van der Waals surface area contributed by atoms with Crippen molar-refractivity contribution in [1.29, 1.82) is 0 Å².